The minimum Gasteiger partial charge on any atom is -0.338 e. The lowest BCUT2D eigenvalue weighted by molar-refractivity contribution is -0.672. The van der Waals surface area contributed by atoms with Crippen molar-refractivity contribution in [3.05, 3.63) is 64.7 Å². The van der Waals surface area contributed by atoms with Crippen LogP contribution >= 0.6 is 0 Å². The van der Waals surface area contributed by atoms with Gasteiger partial charge in [-0.15, -0.1) is 0 Å². The number of urea groups is 1. The van der Waals surface area contributed by atoms with Crippen molar-refractivity contribution < 1.29 is 19.7 Å². The summed E-state index contributed by atoms with van der Waals surface area (Å²) in [5, 5.41) is 9.41. The fourth-order valence-corrected chi connectivity index (χ4v) is 3.24. The third-order valence-electron chi connectivity index (χ3n) is 4.50. The molecule has 0 aromatic heterocycles. The number of nitrogens with one attached hydrogen (secondary N) is 3. The van der Waals surface area contributed by atoms with Crippen LogP contribution in [-0.4, -0.2) is 30.9 Å². The highest BCUT2D eigenvalue weighted by Crippen LogP contribution is 2.21. The normalized spacial score (nSPS) is 11.4. The molecule has 0 fully saturated rings. The average molecular weight is 397 g/mol. The number of carbonyl (C=O) groups is 3. The van der Waals surface area contributed by atoms with Gasteiger partial charge in [-0.1, -0.05) is 48.0 Å². The lowest BCUT2D eigenvalue weighted by atomic mass is 10.0. The van der Waals surface area contributed by atoms with Crippen molar-refractivity contribution in [3.63, 3.8) is 0 Å². The third-order valence-corrected chi connectivity index (χ3v) is 4.50. The van der Waals surface area contributed by atoms with Crippen LogP contribution in [0.5, 0.6) is 0 Å². The molecule has 0 saturated carbocycles. The molecule has 1 atom stereocenters. The second-order valence-electron chi connectivity index (χ2n) is 7.00. The molecule has 4 amide bonds. The van der Waals surface area contributed by atoms with Crippen LogP contribution in [0.2, 0.25) is 0 Å². The molecule has 0 unspecified atom stereocenters. The van der Waals surface area contributed by atoms with Gasteiger partial charge < -0.3 is 16.0 Å². The number of carbonyl (C=O) groups excluding carboxylic acids is 3. The molecule has 2 rings (SSSR count). The number of amides is 4. The van der Waals surface area contributed by atoms with Crippen molar-refractivity contribution in [1.82, 2.24) is 10.6 Å². The maximum Gasteiger partial charge on any atom is 0.321 e. The Morgan fingerprint density at radius 3 is 2.21 bits per heavy atom. The van der Waals surface area contributed by atoms with E-state index in [9.17, 15) is 14.4 Å². The van der Waals surface area contributed by atoms with E-state index in [1.807, 2.05) is 51.1 Å². The molecule has 0 saturated heterocycles. The van der Waals surface area contributed by atoms with E-state index in [0.717, 1.165) is 22.4 Å². The van der Waals surface area contributed by atoms with Crippen LogP contribution in [0, 0.1) is 20.8 Å². The standard InChI is InChI=1S/C22H28N4O3/c1-5-23-22(29)26-21(28)20(17-9-7-6-8-10-17)24-13-18(27)25-19-15(3)11-14(2)12-16(19)4/h6-12,20,24H,5,13H2,1-4H3,(H,25,27)(H2,23,26,28,29)/p+1/t20-/m1/s1. The van der Waals surface area contributed by atoms with Crippen LogP contribution in [-0.2, 0) is 9.59 Å². The van der Waals surface area contributed by atoms with Crippen LogP contribution < -0.4 is 21.3 Å². The Bertz CT molecular complexity index is 858. The molecule has 2 aromatic rings. The van der Waals surface area contributed by atoms with Crippen LogP contribution in [0.25, 0.3) is 0 Å². The topological polar surface area (TPSA) is 104 Å². The zero-order valence-corrected chi connectivity index (χ0v) is 17.3. The maximum atomic E-state index is 12.6. The van der Waals surface area contributed by atoms with Crippen molar-refractivity contribution >= 4 is 23.5 Å². The Balaban J connectivity index is 2.08. The van der Waals surface area contributed by atoms with E-state index < -0.39 is 18.0 Å². The quantitative estimate of drug-likeness (QED) is 0.572. The Hall–Kier alpha value is -3.19. The summed E-state index contributed by atoms with van der Waals surface area (Å²) in [6.07, 6.45) is 0. The third kappa shape index (κ3) is 6.43. The van der Waals surface area contributed by atoms with E-state index in [-0.39, 0.29) is 12.5 Å². The van der Waals surface area contributed by atoms with Gasteiger partial charge in [-0.25, -0.2) is 4.79 Å². The SMILES string of the molecule is CCNC(=O)NC(=O)[C@H]([NH2+]CC(=O)Nc1c(C)cc(C)cc1C)c1ccccc1. The van der Waals surface area contributed by atoms with Gasteiger partial charge in [-0.05, 0) is 38.8 Å². The molecule has 0 aliphatic heterocycles. The zero-order chi connectivity index (χ0) is 21.4. The summed E-state index contributed by atoms with van der Waals surface area (Å²) in [6.45, 7) is 8.13. The predicted octanol–water partition coefficient (Wildman–Crippen LogP) is 1.70. The zero-order valence-electron chi connectivity index (χ0n) is 17.3. The van der Waals surface area contributed by atoms with Gasteiger partial charge in [0.25, 0.3) is 11.8 Å². The first-order chi connectivity index (χ1) is 13.8. The van der Waals surface area contributed by atoms with Crippen molar-refractivity contribution in [1.29, 1.82) is 0 Å². The minimum absolute atomic E-state index is 0.0368. The Kier molecular flexibility index (Phi) is 7.91. The van der Waals surface area contributed by atoms with Crippen LogP contribution in [0.4, 0.5) is 10.5 Å². The predicted molar refractivity (Wildman–Crippen MR) is 112 cm³/mol. The lowest BCUT2D eigenvalue weighted by Crippen LogP contribution is -2.89. The van der Waals surface area contributed by atoms with E-state index in [1.165, 1.54) is 0 Å². The second kappa shape index (κ2) is 10.4. The van der Waals surface area contributed by atoms with E-state index in [4.69, 9.17) is 0 Å². The molecule has 5 N–H and O–H groups in total. The molecule has 0 bridgehead atoms. The number of rotatable bonds is 7. The molecule has 2 aromatic carbocycles. The Labute approximate surface area is 171 Å². The summed E-state index contributed by atoms with van der Waals surface area (Å²) in [5.41, 5.74) is 4.62. The first-order valence-corrected chi connectivity index (χ1v) is 9.66. The van der Waals surface area contributed by atoms with Gasteiger partial charge in [0.15, 0.2) is 12.6 Å². The summed E-state index contributed by atoms with van der Waals surface area (Å²) >= 11 is 0. The number of hydrogen-bond donors (Lipinski definition) is 4. The molecular weight excluding hydrogens is 368 g/mol. The summed E-state index contributed by atoms with van der Waals surface area (Å²) < 4.78 is 0. The lowest BCUT2D eigenvalue weighted by Gasteiger charge is -2.16. The highest BCUT2D eigenvalue weighted by atomic mass is 16.2. The highest BCUT2D eigenvalue weighted by Gasteiger charge is 2.26. The van der Waals surface area contributed by atoms with Crippen LogP contribution in [0.1, 0.15) is 35.2 Å². The van der Waals surface area contributed by atoms with Crippen molar-refractivity contribution in [2.24, 2.45) is 0 Å². The van der Waals surface area contributed by atoms with Gasteiger partial charge in [0, 0.05) is 17.8 Å². The molecule has 7 nitrogen and oxygen atoms in total. The summed E-state index contributed by atoms with van der Waals surface area (Å²) in [6, 6.07) is 11.8. The van der Waals surface area contributed by atoms with Gasteiger partial charge in [0.05, 0.1) is 0 Å². The van der Waals surface area contributed by atoms with Gasteiger partial charge in [0.2, 0.25) is 0 Å². The minimum atomic E-state index is -0.718. The van der Waals surface area contributed by atoms with E-state index in [0.29, 0.717) is 12.1 Å². The van der Waals surface area contributed by atoms with E-state index in [1.54, 1.807) is 24.4 Å². The van der Waals surface area contributed by atoms with Crippen molar-refractivity contribution in [2.45, 2.75) is 33.7 Å². The molecule has 0 spiro atoms. The summed E-state index contributed by atoms with van der Waals surface area (Å²) in [4.78, 5) is 36.9. The van der Waals surface area contributed by atoms with Crippen LogP contribution in [0.3, 0.4) is 0 Å². The van der Waals surface area contributed by atoms with Crippen molar-refractivity contribution in [2.75, 3.05) is 18.4 Å². The summed E-state index contributed by atoms with van der Waals surface area (Å²) in [5.74, 6) is -0.690. The molecule has 0 aliphatic carbocycles. The first kappa shape index (κ1) is 22.1. The molecule has 7 heteroatoms. The monoisotopic (exact) mass is 397 g/mol. The van der Waals surface area contributed by atoms with Gasteiger partial charge >= 0.3 is 6.03 Å². The number of aryl methyl sites for hydroxylation is 3. The van der Waals surface area contributed by atoms with Gasteiger partial charge in [0.1, 0.15) is 0 Å². The van der Waals surface area contributed by atoms with Gasteiger partial charge in [-0.2, -0.15) is 0 Å². The number of benzene rings is 2. The molecule has 29 heavy (non-hydrogen) atoms. The fraction of sp³-hybridized carbons (Fsp3) is 0.318. The van der Waals surface area contributed by atoms with E-state index in [2.05, 4.69) is 16.0 Å². The first-order valence-electron chi connectivity index (χ1n) is 9.66. The molecular formula is C22H29N4O3+. The number of anilines is 1. The fourth-order valence-electron chi connectivity index (χ4n) is 3.24. The highest BCUT2D eigenvalue weighted by molar-refractivity contribution is 5.97. The van der Waals surface area contributed by atoms with Gasteiger partial charge in [-0.3, -0.25) is 14.9 Å². The molecule has 0 radical (unpaired) electrons. The van der Waals surface area contributed by atoms with Crippen LogP contribution in [0.15, 0.2) is 42.5 Å². The Morgan fingerprint density at radius 2 is 1.62 bits per heavy atom. The number of nitrogens with two attached hydrogens (primary N) is 1. The van der Waals surface area contributed by atoms with Crippen molar-refractivity contribution in [3.8, 4) is 0 Å². The number of quaternary nitrogens is 1. The number of hydrogen-bond acceptors (Lipinski definition) is 3. The second-order valence-corrected chi connectivity index (χ2v) is 7.00. The molecule has 0 aliphatic rings. The average Bonchev–Trinajstić information content (AvgIpc) is 2.65. The van der Waals surface area contributed by atoms with E-state index >= 15 is 0 Å². The largest absolute Gasteiger partial charge is 0.338 e. The Morgan fingerprint density at radius 1 is 1.00 bits per heavy atom. The maximum absolute atomic E-state index is 12.6. The number of imide groups is 1. The molecule has 0 heterocycles. The smallest absolute Gasteiger partial charge is 0.321 e. The summed E-state index contributed by atoms with van der Waals surface area (Å²) in [7, 11) is 0. The molecule has 154 valence electrons.